The molecule has 2 N–H and O–H groups in total. The zero-order valence-electron chi connectivity index (χ0n) is 13.9. The summed E-state index contributed by atoms with van der Waals surface area (Å²) in [6.07, 6.45) is 0. The van der Waals surface area contributed by atoms with Gasteiger partial charge in [-0.15, -0.1) is 10.2 Å². The van der Waals surface area contributed by atoms with Crippen molar-refractivity contribution >= 4 is 5.91 Å². The van der Waals surface area contributed by atoms with Gasteiger partial charge < -0.3 is 10.4 Å². The number of hydrogen-bond acceptors (Lipinski definition) is 5. The van der Waals surface area contributed by atoms with Crippen molar-refractivity contribution in [3.05, 3.63) is 29.8 Å². The van der Waals surface area contributed by atoms with Crippen LogP contribution in [0.25, 0.3) is 11.4 Å². The molecule has 1 amide bonds. The second-order valence-electron chi connectivity index (χ2n) is 6.30. The molecule has 1 atom stereocenters. The van der Waals surface area contributed by atoms with Crippen LogP contribution in [0.1, 0.15) is 26.3 Å². The number of aryl methyl sites for hydroxylation is 1. The van der Waals surface area contributed by atoms with Gasteiger partial charge in [-0.1, -0.05) is 43.7 Å². The summed E-state index contributed by atoms with van der Waals surface area (Å²) >= 11 is 0. The largest absolute Gasteiger partial charge is 0.388 e. The molecule has 0 aliphatic carbocycles. The van der Waals surface area contributed by atoms with E-state index >= 15 is 0 Å². The lowest BCUT2D eigenvalue weighted by molar-refractivity contribution is -0.123. The monoisotopic (exact) mass is 317 g/mol. The van der Waals surface area contributed by atoms with Gasteiger partial charge in [0.05, 0.1) is 5.60 Å². The van der Waals surface area contributed by atoms with Crippen LogP contribution < -0.4 is 5.32 Å². The van der Waals surface area contributed by atoms with Crippen LogP contribution in [-0.2, 0) is 11.3 Å². The average Bonchev–Trinajstić information content (AvgIpc) is 2.94. The smallest absolute Gasteiger partial charge is 0.243 e. The fraction of sp³-hybridized carbons (Fsp3) is 0.500. The number of aromatic nitrogens is 4. The molecule has 124 valence electrons. The normalized spacial score (nSPS) is 13.8. The fourth-order valence-electron chi connectivity index (χ4n) is 1.79. The highest BCUT2D eigenvalue weighted by atomic mass is 16.3. The van der Waals surface area contributed by atoms with Crippen LogP contribution in [0.4, 0.5) is 0 Å². The maximum atomic E-state index is 11.9. The van der Waals surface area contributed by atoms with E-state index in [4.69, 9.17) is 0 Å². The maximum absolute atomic E-state index is 11.9. The molecule has 23 heavy (non-hydrogen) atoms. The third kappa shape index (κ3) is 4.59. The number of hydrogen-bond donors (Lipinski definition) is 2. The van der Waals surface area contributed by atoms with Crippen LogP contribution in [0.15, 0.2) is 24.3 Å². The van der Waals surface area contributed by atoms with Crippen LogP contribution in [0.2, 0.25) is 0 Å². The summed E-state index contributed by atoms with van der Waals surface area (Å²) in [4.78, 5) is 13.2. The Kier molecular flexibility index (Phi) is 5.10. The van der Waals surface area contributed by atoms with Crippen LogP contribution in [0, 0.1) is 12.8 Å². The number of carbonyl (C=O) groups excluding carboxylic acids is 1. The Morgan fingerprint density at radius 1 is 1.35 bits per heavy atom. The molecule has 0 saturated carbocycles. The third-order valence-electron chi connectivity index (χ3n) is 3.93. The molecule has 2 rings (SSSR count). The molecule has 1 aromatic carbocycles. The molecule has 1 aromatic heterocycles. The molecule has 0 saturated heterocycles. The second-order valence-corrected chi connectivity index (χ2v) is 6.30. The summed E-state index contributed by atoms with van der Waals surface area (Å²) in [5, 5.41) is 24.9. The minimum absolute atomic E-state index is 0.0347. The highest BCUT2D eigenvalue weighted by molar-refractivity contribution is 5.75. The molecule has 2 aromatic rings. The highest BCUT2D eigenvalue weighted by Crippen LogP contribution is 2.15. The van der Waals surface area contributed by atoms with Gasteiger partial charge in [0.25, 0.3) is 0 Å². The summed E-state index contributed by atoms with van der Waals surface area (Å²) in [6, 6.07) is 7.76. The SMILES string of the molecule is Cc1ccc(-c2nnn(CC(=O)NCC(C)(O)C(C)C)n2)cc1. The van der Waals surface area contributed by atoms with Crippen molar-refractivity contribution < 1.29 is 9.90 Å². The zero-order valence-corrected chi connectivity index (χ0v) is 13.9. The van der Waals surface area contributed by atoms with E-state index < -0.39 is 5.60 Å². The molecule has 1 heterocycles. The van der Waals surface area contributed by atoms with E-state index in [9.17, 15) is 9.90 Å². The molecule has 0 bridgehead atoms. The van der Waals surface area contributed by atoms with Crippen LogP contribution in [-0.4, -0.2) is 43.4 Å². The summed E-state index contributed by atoms with van der Waals surface area (Å²) in [5.74, 6) is 0.256. The van der Waals surface area contributed by atoms with Gasteiger partial charge in [0.2, 0.25) is 11.7 Å². The number of aliphatic hydroxyl groups is 1. The van der Waals surface area contributed by atoms with Gasteiger partial charge in [-0.3, -0.25) is 4.79 Å². The number of benzene rings is 1. The number of carbonyl (C=O) groups is 1. The number of tetrazole rings is 1. The zero-order chi connectivity index (χ0) is 17.0. The summed E-state index contributed by atoms with van der Waals surface area (Å²) < 4.78 is 0. The summed E-state index contributed by atoms with van der Waals surface area (Å²) in [7, 11) is 0. The Bertz CT molecular complexity index is 661. The molecule has 7 heteroatoms. The van der Waals surface area contributed by atoms with E-state index in [0.717, 1.165) is 11.1 Å². The van der Waals surface area contributed by atoms with Crippen molar-refractivity contribution in [2.75, 3.05) is 6.54 Å². The lowest BCUT2D eigenvalue weighted by Gasteiger charge is -2.27. The predicted molar refractivity (Wildman–Crippen MR) is 86.5 cm³/mol. The molecular weight excluding hydrogens is 294 g/mol. The van der Waals surface area contributed by atoms with Gasteiger partial charge >= 0.3 is 0 Å². The molecule has 0 aliphatic rings. The van der Waals surface area contributed by atoms with E-state index in [1.54, 1.807) is 6.92 Å². The highest BCUT2D eigenvalue weighted by Gasteiger charge is 2.25. The topological polar surface area (TPSA) is 92.9 Å². The second kappa shape index (κ2) is 6.87. The number of amides is 1. The molecule has 7 nitrogen and oxygen atoms in total. The Balaban J connectivity index is 1.94. The molecular formula is C16H23N5O2. The van der Waals surface area contributed by atoms with Crippen LogP contribution in [0.3, 0.4) is 0 Å². The van der Waals surface area contributed by atoms with Gasteiger partial charge in [-0.05, 0) is 25.0 Å². The molecule has 0 fully saturated rings. The van der Waals surface area contributed by atoms with Crippen LogP contribution >= 0.6 is 0 Å². The number of nitrogens with zero attached hydrogens (tertiary/aromatic N) is 4. The lowest BCUT2D eigenvalue weighted by Crippen LogP contribution is -2.45. The van der Waals surface area contributed by atoms with Gasteiger partial charge in [-0.2, -0.15) is 4.80 Å². The fourth-order valence-corrected chi connectivity index (χ4v) is 1.79. The first kappa shape index (κ1) is 17.1. The Morgan fingerprint density at radius 3 is 2.61 bits per heavy atom. The average molecular weight is 317 g/mol. The van der Waals surface area contributed by atoms with E-state index in [0.29, 0.717) is 5.82 Å². The standard InChI is InChI=1S/C16H23N5O2/c1-11(2)16(4,23)10-17-14(22)9-21-19-15(18-20-21)13-7-5-12(3)6-8-13/h5-8,11,23H,9-10H2,1-4H3,(H,17,22). The Morgan fingerprint density at radius 2 is 2.00 bits per heavy atom. The van der Waals surface area contributed by atoms with Crippen molar-refractivity contribution in [3.8, 4) is 11.4 Å². The van der Waals surface area contributed by atoms with Gasteiger partial charge in [0.1, 0.15) is 6.54 Å². The third-order valence-corrected chi connectivity index (χ3v) is 3.93. The molecule has 0 aliphatic heterocycles. The van der Waals surface area contributed by atoms with E-state index in [-0.39, 0.29) is 24.9 Å². The van der Waals surface area contributed by atoms with Crippen molar-refractivity contribution in [1.82, 2.24) is 25.5 Å². The first-order chi connectivity index (χ1) is 10.8. The minimum Gasteiger partial charge on any atom is -0.388 e. The van der Waals surface area contributed by atoms with Crippen molar-refractivity contribution in [1.29, 1.82) is 0 Å². The van der Waals surface area contributed by atoms with Crippen LogP contribution in [0.5, 0.6) is 0 Å². The quantitative estimate of drug-likeness (QED) is 0.834. The number of rotatable bonds is 6. The van der Waals surface area contributed by atoms with E-state index in [1.807, 2.05) is 45.0 Å². The first-order valence-corrected chi connectivity index (χ1v) is 7.62. The van der Waals surface area contributed by atoms with Crippen molar-refractivity contribution in [3.63, 3.8) is 0 Å². The van der Waals surface area contributed by atoms with Gasteiger partial charge in [-0.25, -0.2) is 0 Å². The van der Waals surface area contributed by atoms with Crippen molar-refractivity contribution in [2.24, 2.45) is 5.92 Å². The van der Waals surface area contributed by atoms with Gasteiger partial charge in [0, 0.05) is 12.1 Å². The lowest BCUT2D eigenvalue weighted by atomic mass is 9.92. The molecule has 1 unspecified atom stereocenters. The Hall–Kier alpha value is -2.28. The number of nitrogens with one attached hydrogen (secondary N) is 1. The summed E-state index contributed by atoms with van der Waals surface area (Å²) in [5.41, 5.74) is 1.06. The summed E-state index contributed by atoms with van der Waals surface area (Å²) in [6.45, 7) is 7.65. The van der Waals surface area contributed by atoms with Crippen molar-refractivity contribution in [2.45, 2.75) is 39.8 Å². The van der Waals surface area contributed by atoms with E-state index in [2.05, 4.69) is 20.7 Å². The predicted octanol–water partition coefficient (Wildman–Crippen LogP) is 1.17. The molecule has 0 radical (unpaired) electrons. The molecule has 0 spiro atoms. The Labute approximate surface area is 135 Å². The van der Waals surface area contributed by atoms with Gasteiger partial charge in [0.15, 0.2) is 0 Å². The minimum atomic E-state index is -0.946. The first-order valence-electron chi connectivity index (χ1n) is 7.62. The van der Waals surface area contributed by atoms with E-state index in [1.165, 1.54) is 4.80 Å². The maximum Gasteiger partial charge on any atom is 0.243 e.